The quantitative estimate of drug-likeness (QED) is 0.754. The van der Waals surface area contributed by atoms with Crippen molar-refractivity contribution in [2.45, 2.75) is 32.7 Å². The van der Waals surface area contributed by atoms with E-state index in [9.17, 15) is 5.11 Å². The molecule has 1 saturated carbocycles. The number of benzene rings is 1. The Morgan fingerprint density at radius 1 is 1.36 bits per heavy atom. The van der Waals surface area contributed by atoms with Crippen molar-refractivity contribution in [1.82, 2.24) is 0 Å². The van der Waals surface area contributed by atoms with Gasteiger partial charge in [-0.05, 0) is 49.8 Å². The fraction of sp³-hybridized carbons (Fsp3) is 0.500. The van der Waals surface area contributed by atoms with Crippen LogP contribution in [-0.2, 0) is 0 Å². The van der Waals surface area contributed by atoms with Crippen molar-refractivity contribution < 1.29 is 5.11 Å². The second-order valence-electron chi connectivity index (χ2n) is 4.38. The number of aromatic hydroxyl groups is 1. The lowest BCUT2D eigenvalue weighted by Crippen LogP contribution is -2.14. The maximum Gasteiger partial charge on any atom is 0.120 e. The Kier molecular flexibility index (Phi) is 2.23. The van der Waals surface area contributed by atoms with Crippen LogP contribution >= 0.6 is 0 Å². The van der Waals surface area contributed by atoms with Crippen LogP contribution in [0.4, 0.5) is 0 Å². The Bertz CT molecular complexity index is 332. The topological polar surface area (TPSA) is 46.2 Å². The number of phenols is 1. The second kappa shape index (κ2) is 3.28. The van der Waals surface area contributed by atoms with Gasteiger partial charge in [-0.2, -0.15) is 0 Å². The summed E-state index contributed by atoms with van der Waals surface area (Å²) in [6.07, 6.45) is 2.40. The van der Waals surface area contributed by atoms with Crippen LogP contribution in [-0.4, -0.2) is 5.11 Å². The van der Waals surface area contributed by atoms with Crippen LogP contribution < -0.4 is 5.73 Å². The molecule has 0 aromatic heterocycles. The molecule has 1 atom stereocenters. The van der Waals surface area contributed by atoms with Gasteiger partial charge >= 0.3 is 0 Å². The highest BCUT2D eigenvalue weighted by atomic mass is 16.3. The van der Waals surface area contributed by atoms with E-state index in [1.54, 1.807) is 6.07 Å². The molecule has 3 N–H and O–H groups in total. The molecule has 1 aliphatic carbocycles. The Balaban J connectivity index is 2.40. The number of hydrogen-bond acceptors (Lipinski definition) is 2. The van der Waals surface area contributed by atoms with Crippen LogP contribution in [0.5, 0.6) is 5.75 Å². The Hall–Kier alpha value is -1.02. The molecular weight excluding hydrogens is 174 g/mol. The first-order valence-electron chi connectivity index (χ1n) is 5.15. The fourth-order valence-corrected chi connectivity index (χ4v) is 2.08. The third-order valence-electron chi connectivity index (χ3n) is 2.97. The van der Waals surface area contributed by atoms with Crippen LogP contribution in [0.3, 0.4) is 0 Å². The first-order chi connectivity index (χ1) is 6.59. The van der Waals surface area contributed by atoms with Crippen molar-refractivity contribution >= 4 is 0 Å². The van der Waals surface area contributed by atoms with E-state index in [1.165, 1.54) is 12.8 Å². The molecule has 2 nitrogen and oxygen atoms in total. The van der Waals surface area contributed by atoms with Gasteiger partial charge in [0.1, 0.15) is 5.75 Å². The first kappa shape index (κ1) is 9.53. The monoisotopic (exact) mass is 191 g/mol. The average Bonchev–Trinajstić information content (AvgIpc) is 2.83. The zero-order valence-electron chi connectivity index (χ0n) is 8.75. The molecule has 0 spiro atoms. The molecule has 0 unspecified atom stereocenters. The molecule has 76 valence electrons. The standard InChI is InChI=1S/C12H17NO/c1-7-5-8(2)11(10(14)6-7)12(13)9-3-4-9/h5-6,9,12,14H,3-4,13H2,1-2H3/t12-/m0/s1. The molecule has 2 heteroatoms. The van der Waals surface area contributed by atoms with Crippen LogP contribution in [0.25, 0.3) is 0 Å². The summed E-state index contributed by atoms with van der Waals surface area (Å²) in [5.41, 5.74) is 9.24. The molecule has 0 heterocycles. The summed E-state index contributed by atoms with van der Waals surface area (Å²) < 4.78 is 0. The van der Waals surface area contributed by atoms with Gasteiger partial charge in [0, 0.05) is 11.6 Å². The summed E-state index contributed by atoms with van der Waals surface area (Å²) in [4.78, 5) is 0. The van der Waals surface area contributed by atoms with E-state index in [0.717, 1.165) is 16.7 Å². The Labute approximate surface area is 84.7 Å². The Morgan fingerprint density at radius 2 is 2.00 bits per heavy atom. The highest BCUT2D eigenvalue weighted by Gasteiger charge is 2.31. The second-order valence-corrected chi connectivity index (χ2v) is 4.38. The van der Waals surface area contributed by atoms with Crippen molar-refractivity contribution in [2.24, 2.45) is 11.7 Å². The minimum Gasteiger partial charge on any atom is -0.508 e. The maximum absolute atomic E-state index is 9.84. The summed E-state index contributed by atoms with van der Waals surface area (Å²) >= 11 is 0. The molecule has 1 fully saturated rings. The molecule has 0 bridgehead atoms. The molecule has 14 heavy (non-hydrogen) atoms. The first-order valence-corrected chi connectivity index (χ1v) is 5.15. The van der Waals surface area contributed by atoms with Gasteiger partial charge in [-0.15, -0.1) is 0 Å². The zero-order valence-corrected chi connectivity index (χ0v) is 8.75. The highest BCUT2D eigenvalue weighted by molar-refractivity contribution is 5.44. The van der Waals surface area contributed by atoms with Crippen molar-refractivity contribution in [3.63, 3.8) is 0 Å². The van der Waals surface area contributed by atoms with Crippen LogP contribution in [0, 0.1) is 19.8 Å². The predicted molar refractivity (Wildman–Crippen MR) is 57.2 cm³/mol. The molecule has 0 saturated heterocycles. The number of nitrogens with two attached hydrogens (primary N) is 1. The largest absolute Gasteiger partial charge is 0.508 e. The van der Waals surface area contributed by atoms with Gasteiger partial charge in [0.15, 0.2) is 0 Å². The summed E-state index contributed by atoms with van der Waals surface area (Å²) in [5, 5.41) is 9.84. The summed E-state index contributed by atoms with van der Waals surface area (Å²) in [6, 6.07) is 3.90. The molecule has 2 rings (SSSR count). The van der Waals surface area contributed by atoms with E-state index in [2.05, 4.69) is 6.07 Å². The van der Waals surface area contributed by atoms with E-state index in [4.69, 9.17) is 5.73 Å². The third-order valence-corrected chi connectivity index (χ3v) is 2.97. The summed E-state index contributed by atoms with van der Waals surface area (Å²) in [5.74, 6) is 0.948. The molecule has 0 amide bonds. The zero-order chi connectivity index (χ0) is 10.3. The number of hydrogen-bond donors (Lipinski definition) is 2. The lowest BCUT2D eigenvalue weighted by atomic mass is 9.95. The summed E-state index contributed by atoms with van der Waals surface area (Å²) in [7, 11) is 0. The van der Waals surface area contributed by atoms with E-state index < -0.39 is 0 Å². The van der Waals surface area contributed by atoms with Gasteiger partial charge in [0.05, 0.1) is 0 Å². The number of aryl methyl sites for hydroxylation is 2. The molecular formula is C12H17NO. The van der Waals surface area contributed by atoms with E-state index in [1.807, 2.05) is 13.8 Å². The van der Waals surface area contributed by atoms with E-state index >= 15 is 0 Å². The summed E-state index contributed by atoms with van der Waals surface area (Å²) in [6.45, 7) is 4.00. The number of phenolic OH excluding ortho intramolecular Hbond substituents is 1. The minimum atomic E-state index is 0.0237. The molecule has 1 aromatic rings. The van der Waals surface area contributed by atoms with Crippen molar-refractivity contribution in [3.8, 4) is 5.75 Å². The number of rotatable bonds is 2. The van der Waals surface area contributed by atoms with Gasteiger partial charge < -0.3 is 10.8 Å². The fourth-order valence-electron chi connectivity index (χ4n) is 2.08. The molecule has 0 aliphatic heterocycles. The van der Waals surface area contributed by atoms with Gasteiger partial charge in [-0.3, -0.25) is 0 Å². The van der Waals surface area contributed by atoms with Gasteiger partial charge in [0.25, 0.3) is 0 Å². The Morgan fingerprint density at radius 3 is 2.50 bits per heavy atom. The lowest BCUT2D eigenvalue weighted by molar-refractivity contribution is 0.454. The normalized spacial score (nSPS) is 18.2. The van der Waals surface area contributed by atoms with Crippen LogP contribution in [0.15, 0.2) is 12.1 Å². The van der Waals surface area contributed by atoms with Crippen LogP contribution in [0.2, 0.25) is 0 Å². The predicted octanol–water partition coefficient (Wildman–Crippen LogP) is 2.42. The average molecular weight is 191 g/mol. The van der Waals surface area contributed by atoms with Crippen molar-refractivity contribution in [1.29, 1.82) is 0 Å². The van der Waals surface area contributed by atoms with Gasteiger partial charge in [-0.25, -0.2) is 0 Å². The van der Waals surface area contributed by atoms with E-state index in [0.29, 0.717) is 11.7 Å². The molecule has 1 aromatic carbocycles. The third kappa shape index (κ3) is 1.62. The SMILES string of the molecule is Cc1cc(C)c([C@@H](N)C2CC2)c(O)c1. The van der Waals surface area contributed by atoms with Crippen molar-refractivity contribution in [3.05, 3.63) is 28.8 Å². The smallest absolute Gasteiger partial charge is 0.120 e. The molecule has 0 radical (unpaired) electrons. The highest BCUT2D eigenvalue weighted by Crippen LogP contribution is 2.43. The molecule has 1 aliphatic rings. The van der Waals surface area contributed by atoms with Crippen LogP contribution in [0.1, 0.15) is 35.6 Å². The van der Waals surface area contributed by atoms with Crippen molar-refractivity contribution in [2.75, 3.05) is 0 Å². The van der Waals surface area contributed by atoms with Gasteiger partial charge in [0.2, 0.25) is 0 Å². The lowest BCUT2D eigenvalue weighted by Gasteiger charge is -2.16. The van der Waals surface area contributed by atoms with E-state index in [-0.39, 0.29) is 6.04 Å². The van der Waals surface area contributed by atoms with Gasteiger partial charge in [-0.1, -0.05) is 6.07 Å². The minimum absolute atomic E-state index is 0.0237. The maximum atomic E-state index is 9.84.